The van der Waals surface area contributed by atoms with Crippen LogP contribution in [0.2, 0.25) is 0 Å². The highest BCUT2D eigenvalue weighted by atomic mass is 79.9. The van der Waals surface area contributed by atoms with Crippen molar-refractivity contribution in [2.24, 2.45) is 0 Å². The third-order valence-corrected chi connectivity index (χ3v) is 3.76. The van der Waals surface area contributed by atoms with Gasteiger partial charge in [0, 0.05) is 10.9 Å². The first-order chi connectivity index (χ1) is 7.90. The zero-order valence-electron chi connectivity index (χ0n) is 10.3. The first kappa shape index (κ1) is 14.0. The molecule has 0 fully saturated rings. The minimum absolute atomic E-state index is 0.0916. The maximum atomic E-state index is 10.4. The van der Waals surface area contributed by atoms with Gasteiger partial charge in [0.05, 0.1) is 6.10 Å². The fourth-order valence-corrected chi connectivity index (χ4v) is 1.82. The summed E-state index contributed by atoms with van der Waals surface area (Å²) in [4.78, 5) is 10.4. The largest absolute Gasteiger partial charge is 0.491 e. The second-order valence-electron chi connectivity index (χ2n) is 4.23. The zero-order valence-corrected chi connectivity index (χ0v) is 11.9. The van der Waals surface area contributed by atoms with Crippen molar-refractivity contribution in [1.29, 1.82) is 0 Å². The van der Waals surface area contributed by atoms with Crippen molar-refractivity contribution in [3.05, 3.63) is 27.7 Å². The summed E-state index contributed by atoms with van der Waals surface area (Å²) in [6.07, 6.45) is 0.560. The second kappa shape index (κ2) is 6.05. The molecule has 0 aliphatic rings. The quantitative estimate of drug-likeness (QED) is 0.902. The van der Waals surface area contributed by atoms with Gasteiger partial charge in [0.25, 0.3) is 0 Å². The second-order valence-corrected chi connectivity index (χ2v) is 5.02. The first-order valence-electron chi connectivity index (χ1n) is 5.55. The van der Waals surface area contributed by atoms with Crippen LogP contribution in [0, 0.1) is 13.8 Å². The highest BCUT2D eigenvalue weighted by Crippen LogP contribution is 2.27. The molecule has 0 aliphatic carbocycles. The van der Waals surface area contributed by atoms with E-state index in [1.807, 2.05) is 32.9 Å². The first-order valence-corrected chi connectivity index (χ1v) is 6.34. The van der Waals surface area contributed by atoms with E-state index < -0.39 is 5.97 Å². The molecular formula is C13H17BrO3. The summed E-state index contributed by atoms with van der Waals surface area (Å²) < 4.78 is 6.78. The molecule has 0 aliphatic heterocycles. The summed E-state index contributed by atoms with van der Waals surface area (Å²) in [5, 5.41) is 8.59. The van der Waals surface area contributed by atoms with Crippen LogP contribution in [-0.2, 0) is 4.79 Å². The van der Waals surface area contributed by atoms with Gasteiger partial charge in [-0.05, 0) is 50.5 Å². The van der Waals surface area contributed by atoms with Crippen LogP contribution in [0.4, 0.5) is 0 Å². The van der Waals surface area contributed by atoms with Crippen LogP contribution >= 0.6 is 15.9 Å². The molecular weight excluding hydrogens is 284 g/mol. The maximum absolute atomic E-state index is 10.4. The Kier molecular flexibility index (Phi) is 5.00. The number of carbonyl (C=O) groups is 1. The van der Waals surface area contributed by atoms with Crippen LogP contribution < -0.4 is 4.74 Å². The van der Waals surface area contributed by atoms with E-state index in [1.165, 1.54) is 0 Å². The van der Waals surface area contributed by atoms with Gasteiger partial charge >= 0.3 is 5.97 Å². The summed E-state index contributed by atoms with van der Waals surface area (Å²) in [7, 11) is 0. The van der Waals surface area contributed by atoms with Crippen molar-refractivity contribution in [2.45, 2.75) is 39.7 Å². The Morgan fingerprint density at radius 1 is 1.41 bits per heavy atom. The number of aliphatic carboxylic acids is 1. The minimum atomic E-state index is -0.788. The maximum Gasteiger partial charge on any atom is 0.303 e. The highest BCUT2D eigenvalue weighted by Gasteiger charge is 2.09. The highest BCUT2D eigenvalue weighted by molar-refractivity contribution is 9.10. The summed E-state index contributed by atoms with van der Waals surface area (Å²) in [5.74, 6) is 0.00436. The fourth-order valence-electron chi connectivity index (χ4n) is 1.59. The van der Waals surface area contributed by atoms with Crippen molar-refractivity contribution < 1.29 is 14.6 Å². The third kappa shape index (κ3) is 4.38. The molecule has 1 N–H and O–H groups in total. The lowest BCUT2D eigenvalue weighted by Gasteiger charge is -2.15. The minimum Gasteiger partial charge on any atom is -0.491 e. The molecule has 0 heterocycles. The van der Waals surface area contributed by atoms with Crippen molar-refractivity contribution in [2.75, 3.05) is 0 Å². The van der Waals surface area contributed by atoms with Gasteiger partial charge in [-0.25, -0.2) is 0 Å². The van der Waals surface area contributed by atoms with Crippen LogP contribution in [0.1, 0.15) is 30.9 Å². The molecule has 1 atom stereocenters. The third-order valence-electron chi connectivity index (χ3n) is 2.51. The number of hydrogen-bond donors (Lipinski definition) is 1. The van der Waals surface area contributed by atoms with E-state index >= 15 is 0 Å². The molecule has 4 heteroatoms. The van der Waals surface area contributed by atoms with Crippen LogP contribution in [0.25, 0.3) is 0 Å². The van der Waals surface area contributed by atoms with E-state index in [9.17, 15) is 4.79 Å². The van der Waals surface area contributed by atoms with E-state index in [0.29, 0.717) is 6.42 Å². The van der Waals surface area contributed by atoms with Crippen LogP contribution in [0.15, 0.2) is 16.6 Å². The smallest absolute Gasteiger partial charge is 0.303 e. The molecule has 0 aromatic heterocycles. The summed E-state index contributed by atoms with van der Waals surface area (Å²) in [6.45, 7) is 5.90. The topological polar surface area (TPSA) is 46.5 Å². The molecule has 94 valence electrons. The van der Waals surface area contributed by atoms with E-state index in [-0.39, 0.29) is 12.5 Å². The van der Waals surface area contributed by atoms with Gasteiger partial charge in [-0.1, -0.05) is 15.9 Å². The zero-order chi connectivity index (χ0) is 13.0. The number of ether oxygens (including phenoxy) is 1. The summed E-state index contributed by atoms with van der Waals surface area (Å²) in [5.41, 5.74) is 2.23. The van der Waals surface area contributed by atoms with Gasteiger partial charge in [0.1, 0.15) is 5.75 Å². The Balaban J connectivity index is 2.65. The average Bonchev–Trinajstić information content (AvgIpc) is 2.23. The Morgan fingerprint density at radius 3 is 2.41 bits per heavy atom. The van der Waals surface area contributed by atoms with Crippen molar-refractivity contribution >= 4 is 21.9 Å². The average molecular weight is 301 g/mol. The molecule has 17 heavy (non-hydrogen) atoms. The molecule has 1 aromatic rings. The molecule has 0 saturated heterocycles. The van der Waals surface area contributed by atoms with E-state index in [2.05, 4.69) is 15.9 Å². The van der Waals surface area contributed by atoms with Gasteiger partial charge in [-0.2, -0.15) is 0 Å². The number of halogens is 1. The molecule has 1 aromatic carbocycles. The molecule has 0 spiro atoms. The molecule has 3 nitrogen and oxygen atoms in total. The SMILES string of the molecule is Cc1cc(OC(C)CCC(=O)O)cc(C)c1Br. The predicted molar refractivity (Wildman–Crippen MR) is 70.6 cm³/mol. The normalized spacial score (nSPS) is 12.2. The Hall–Kier alpha value is -1.03. The van der Waals surface area contributed by atoms with Gasteiger partial charge in [0.15, 0.2) is 0 Å². The number of hydrogen-bond acceptors (Lipinski definition) is 2. The summed E-state index contributed by atoms with van der Waals surface area (Å²) >= 11 is 3.50. The molecule has 1 unspecified atom stereocenters. The number of benzene rings is 1. The molecule has 0 radical (unpaired) electrons. The van der Waals surface area contributed by atoms with Crippen molar-refractivity contribution in [3.8, 4) is 5.75 Å². The fraction of sp³-hybridized carbons (Fsp3) is 0.462. The molecule has 0 saturated carbocycles. The number of aryl methyl sites for hydroxylation is 2. The van der Waals surface area contributed by atoms with Gasteiger partial charge < -0.3 is 9.84 Å². The predicted octanol–water partition coefficient (Wildman–Crippen LogP) is 3.70. The van der Waals surface area contributed by atoms with E-state index in [4.69, 9.17) is 9.84 Å². The van der Waals surface area contributed by atoms with Crippen molar-refractivity contribution in [1.82, 2.24) is 0 Å². The monoisotopic (exact) mass is 300 g/mol. The standard InChI is InChI=1S/C13H17BrO3/c1-8-6-11(7-9(2)13(8)14)17-10(3)4-5-12(15)16/h6-7,10H,4-5H2,1-3H3,(H,15,16). The van der Waals surface area contributed by atoms with Crippen LogP contribution in [-0.4, -0.2) is 17.2 Å². The van der Waals surface area contributed by atoms with E-state index in [1.54, 1.807) is 0 Å². The van der Waals surface area contributed by atoms with Crippen LogP contribution in [0.5, 0.6) is 5.75 Å². The van der Waals surface area contributed by atoms with Gasteiger partial charge in [0.2, 0.25) is 0 Å². The molecule has 1 rings (SSSR count). The van der Waals surface area contributed by atoms with Gasteiger partial charge in [-0.15, -0.1) is 0 Å². The molecule has 0 amide bonds. The lowest BCUT2D eigenvalue weighted by Crippen LogP contribution is -2.13. The number of rotatable bonds is 5. The Bertz CT molecular complexity index is 392. The lowest BCUT2D eigenvalue weighted by atomic mass is 10.1. The summed E-state index contributed by atoms with van der Waals surface area (Å²) in [6, 6.07) is 3.91. The number of carboxylic acid groups (broad SMARTS) is 1. The van der Waals surface area contributed by atoms with E-state index in [0.717, 1.165) is 21.3 Å². The Morgan fingerprint density at radius 2 is 1.94 bits per heavy atom. The number of carboxylic acids is 1. The van der Waals surface area contributed by atoms with Crippen molar-refractivity contribution in [3.63, 3.8) is 0 Å². The molecule has 0 bridgehead atoms. The van der Waals surface area contributed by atoms with Gasteiger partial charge in [-0.3, -0.25) is 4.79 Å². The lowest BCUT2D eigenvalue weighted by molar-refractivity contribution is -0.137. The van der Waals surface area contributed by atoms with Crippen LogP contribution in [0.3, 0.4) is 0 Å². The Labute approximate surface area is 110 Å².